The van der Waals surface area contributed by atoms with E-state index in [0.717, 1.165) is 13.1 Å². The molecule has 1 aliphatic heterocycles. The third-order valence-electron chi connectivity index (χ3n) is 6.33. The molecule has 0 spiro atoms. The lowest BCUT2D eigenvalue weighted by molar-refractivity contribution is 0.125. The fourth-order valence-electron chi connectivity index (χ4n) is 4.74. The molecule has 0 radical (unpaired) electrons. The first-order chi connectivity index (χ1) is 14.8. The summed E-state index contributed by atoms with van der Waals surface area (Å²) in [6.07, 6.45) is 7.90. The second-order valence-electron chi connectivity index (χ2n) is 8.41. The predicted octanol–water partition coefficient (Wildman–Crippen LogP) is 7.18. The topological polar surface area (TPSA) is 15.3 Å². The second kappa shape index (κ2) is 9.95. The van der Waals surface area contributed by atoms with E-state index in [-0.39, 0.29) is 5.66 Å². The summed E-state index contributed by atoms with van der Waals surface area (Å²) in [7, 11) is 0. The third kappa shape index (κ3) is 4.29. The Morgan fingerprint density at radius 1 is 0.700 bits per heavy atom. The smallest absolute Gasteiger partial charge is 0.144 e. The number of hydrogen-bond acceptors (Lipinski definition) is 2. The van der Waals surface area contributed by atoms with Crippen LogP contribution in [0.25, 0.3) is 0 Å². The van der Waals surface area contributed by atoms with Gasteiger partial charge in [0.25, 0.3) is 0 Å². The van der Waals surface area contributed by atoms with Crippen LogP contribution in [0.4, 0.5) is 5.69 Å². The highest BCUT2D eigenvalue weighted by molar-refractivity contribution is 5.60. The number of benzene rings is 3. The van der Waals surface area contributed by atoms with Crippen LogP contribution < -0.4 is 5.32 Å². The van der Waals surface area contributed by atoms with Gasteiger partial charge in [-0.15, -0.1) is 0 Å². The van der Waals surface area contributed by atoms with E-state index in [0.29, 0.717) is 0 Å². The van der Waals surface area contributed by atoms with Crippen LogP contribution in [0.3, 0.4) is 0 Å². The zero-order valence-electron chi connectivity index (χ0n) is 18.2. The molecular weight excluding hydrogens is 364 g/mol. The third-order valence-corrected chi connectivity index (χ3v) is 6.33. The molecule has 0 unspecified atom stereocenters. The Bertz CT molecular complexity index is 865. The van der Waals surface area contributed by atoms with Crippen molar-refractivity contribution in [1.29, 1.82) is 0 Å². The summed E-state index contributed by atoms with van der Waals surface area (Å²) in [5, 5.41) is 3.98. The van der Waals surface area contributed by atoms with Crippen molar-refractivity contribution in [1.82, 2.24) is 4.90 Å². The van der Waals surface area contributed by atoms with Gasteiger partial charge in [-0.2, -0.15) is 0 Å². The molecule has 1 N–H and O–H groups in total. The Kier molecular flexibility index (Phi) is 6.86. The largest absolute Gasteiger partial charge is 0.359 e. The summed E-state index contributed by atoms with van der Waals surface area (Å²) in [6.45, 7) is 4.32. The quantitative estimate of drug-likeness (QED) is 0.384. The van der Waals surface area contributed by atoms with E-state index < -0.39 is 0 Å². The molecule has 1 aliphatic rings. The van der Waals surface area contributed by atoms with Gasteiger partial charge >= 0.3 is 0 Å². The van der Waals surface area contributed by atoms with Gasteiger partial charge < -0.3 is 5.32 Å². The van der Waals surface area contributed by atoms with Crippen LogP contribution in [0, 0.1) is 0 Å². The number of rotatable bonds is 9. The lowest BCUT2D eigenvalue weighted by atomic mass is 9.85. The minimum atomic E-state index is -0.347. The van der Waals surface area contributed by atoms with Crippen LogP contribution in [0.15, 0.2) is 84.9 Å². The number of nitrogens with one attached hydrogen (secondary N) is 1. The Balaban J connectivity index is 1.70. The molecule has 30 heavy (non-hydrogen) atoms. The summed E-state index contributed by atoms with van der Waals surface area (Å²) in [5.74, 6) is 0. The first-order valence-corrected chi connectivity index (χ1v) is 11.6. The van der Waals surface area contributed by atoms with Gasteiger partial charge in [0.1, 0.15) is 5.66 Å². The second-order valence-corrected chi connectivity index (χ2v) is 8.41. The molecule has 2 nitrogen and oxygen atoms in total. The molecule has 1 heterocycles. The van der Waals surface area contributed by atoms with E-state index in [1.54, 1.807) is 0 Å². The lowest BCUT2D eigenvalue weighted by Gasteiger charge is -2.49. The van der Waals surface area contributed by atoms with E-state index >= 15 is 0 Å². The van der Waals surface area contributed by atoms with Crippen LogP contribution in [-0.2, 0) is 12.2 Å². The maximum absolute atomic E-state index is 3.98. The molecule has 0 aliphatic carbocycles. The molecule has 0 atom stereocenters. The SMILES string of the molecule is CCCCCCCCN1Cc2ccccc2NC1(c1ccccc1)c1ccccc1. The number of anilines is 1. The molecular formula is C28H34N2. The monoisotopic (exact) mass is 398 g/mol. The number of nitrogens with zero attached hydrogens (tertiary/aromatic N) is 1. The Morgan fingerprint density at radius 3 is 1.93 bits per heavy atom. The van der Waals surface area contributed by atoms with Crippen molar-refractivity contribution >= 4 is 5.69 Å². The van der Waals surface area contributed by atoms with Gasteiger partial charge in [0.15, 0.2) is 0 Å². The predicted molar refractivity (Wildman–Crippen MR) is 128 cm³/mol. The minimum Gasteiger partial charge on any atom is -0.359 e. The number of unbranched alkanes of at least 4 members (excludes halogenated alkanes) is 5. The van der Waals surface area contributed by atoms with Gasteiger partial charge in [-0.25, -0.2) is 0 Å². The number of para-hydroxylation sites is 1. The molecule has 0 aromatic heterocycles. The van der Waals surface area contributed by atoms with Gasteiger partial charge in [-0.3, -0.25) is 4.90 Å². The molecule has 2 heteroatoms. The van der Waals surface area contributed by atoms with E-state index in [1.807, 2.05) is 0 Å². The normalized spacial score (nSPS) is 15.4. The van der Waals surface area contributed by atoms with Crippen molar-refractivity contribution in [2.45, 2.75) is 57.7 Å². The average Bonchev–Trinajstić information content (AvgIpc) is 2.82. The number of fused-ring (bicyclic) bond motifs is 1. The fourth-order valence-corrected chi connectivity index (χ4v) is 4.74. The van der Waals surface area contributed by atoms with Crippen molar-refractivity contribution in [3.63, 3.8) is 0 Å². The number of hydrogen-bond donors (Lipinski definition) is 1. The van der Waals surface area contributed by atoms with Crippen molar-refractivity contribution < 1.29 is 0 Å². The van der Waals surface area contributed by atoms with Crippen LogP contribution in [-0.4, -0.2) is 11.4 Å². The molecule has 0 bridgehead atoms. The van der Waals surface area contributed by atoms with Gasteiger partial charge in [0.05, 0.1) is 0 Å². The summed E-state index contributed by atoms with van der Waals surface area (Å²) in [5.41, 5.74) is 4.88. The first kappa shape index (κ1) is 20.7. The van der Waals surface area contributed by atoms with Crippen molar-refractivity contribution in [3.05, 3.63) is 102 Å². The van der Waals surface area contributed by atoms with Crippen molar-refractivity contribution in [2.75, 3.05) is 11.9 Å². The van der Waals surface area contributed by atoms with E-state index in [9.17, 15) is 0 Å². The molecule has 0 saturated heterocycles. The highest BCUT2D eigenvalue weighted by atomic mass is 15.3. The van der Waals surface area contributed by atoms with Crippen LogP contribution >= 0.6 is 0 Å². The fraction of sp³-hybridized carbons (Fsp3) is 0.357. The Morgan fingerprint density at radius 2 is 1.27 bits per heavy atom. The van der Waals surface area contributed by atoms with Gasteiger partial charge in [-0.05, 0) is 29.2 Å². The van der Waals surface area contributed by atoms with E-state index in [4.69, 9.17) is 0 Å². The molecule has 4 rings (SSSR count). The van der Waals surface area contributed by atoms with E-state index in [1.165, 1.54) is 60.9 Å². The van der Waals surface area contributed by atoms with Crippen LogP contribution in [0.2, 0.25) is 0 Å². The van der Waals surface area contributed by atoms with Gasteiger partial charge in [-0.1, -0.05) is 118 Å². The molecule has 0 amide bonds. The van der Waals surface area contributed by atoms with Crippen molar-refractivity contribution in [2.24, 2.45) is 0 Å². The maximum atomic E-state index is 3.98. The van der Waals surface area contributed by atoms with E-state index in [2.05, 4.69) is 102 Å². The molecule has 3 aromatic carbocycles. The minimum absolute atomic E-state index is 0.347. The summed E-state index contributed by atoms with van der Waals surface area (Å²) < 4.78 is 0. The summed E-state index contributed by atoms with van der Waals surface area (Å²) in [6, 6.07) is 30.7. The summed E-state index contributed by atoms with van der Waals surface area (Å²) in [4.78, 5) is 2.65. The molecule has 3 aromatic rings. The molecule has 156 valence electrons. The first-order valence-electron chi connectivity index (χ1n) is 11.6. The average molecular weight is 399 g/mol. The van der Waals surface area contributed by atoms with Gasteiger partial charge in [0, 0.05) is 18.8 Å². The molecule has 0 saturated carbocycles. The Labute approximate surface area is 181 Å². The van der Waals surface area contributed by atoms with Crippen molar-refractivity contribution in [3.8, 4) is 0 Å². The van der Waals surface area contributed by atoms with Gasteiger partial charge in [0.2, 0.25) is 0 Å². The maximum Gasteiger partial charge on any atom is 0.144 e. The standard InChI is InChI=1S/C28H34N2/c1-2-3-4-5-6-15-22-30-23-24-16-13-14-21-27(24)29-28(30,25-17-9-7-10-18-25)26-19-11-8-12-20-26/h7-14,16-21,29H,2-6,15,22-23H2,1H3. The Hall–Kier alpha value is -2.58. The molecule has 0 fully saturated rings. The highest BCUT2D eigenvalue weighted by Gasteiger charge is 2.43. The van der Waals surface area contributed by atoms with Crippen LogP contribution in [0.5, 0.6) is 0 Å². The zero-order valence-corrected chi connectivity index (χ0v) is 18.2. The van der Waals surface area contributed by atoms with Crippen LogP contribution in [0.1, 0.15) is 62.1 Å². The lowest BCUT2D eigenvalue weighted by Crippen LogP contribution is -2.55. The zero-order chi connectivity index (χ0) is 20.7. The summed E-state index contributed by atoms with van der Waals surface area (Å²) >= 11 is 0. The highest BCUT2D eigenvalue weighted by Crippen LogP contribution is 2.42.